The molecule has 0 bridgehead atoms. The minimum absolute atomic E-state index is 0.00796. The SMILES string of the molecule is CN(C[C@H]1CCNC1)C(=O)[C@@H]1COc2ccccc2O1. The Labute approximate surface area is 118 Å². The number of nitrogens with one attached hydrogen (secondary N) is 1. The minimum Gasteiger partial charge on any atom is -0.485 e. The quantitative estimate of drug-likeness (QED) is 0.891. The summed E-state index contributed by atoms with van der Waals surface area (Å²) in [4.78, 5) is 14.2. The Hall–Kier alpha value is -1.75. The van der Waals surface area contributed by atoms with Crippen LogP contribution in [0, 0.1) is 5.92 Å². The zero-order chi connectivity index (χ0) is 13.9. The van der Waals surface area contributed by atoms with Crippen LogP contribution in [-0.4, -0.2) is 50.2 Å². The molecule has 1 fully saturated rings. The van der Waals surface area contributed by atoms with Gasteiger partial charge in [-0.1, -0.05) is 12.1 Å². The molecule has 0 aromatic heterocycles. The van der Waals surface area contributed by atoms with Gasteiger partial charge in [0.15, 0.2) is 11.5 Å². The van der Waals surface area contributed by atoms with E-state index in [0.29, 0.717) is 17.4 Å². The number of ether oxygens (including phenoxy) is 2. The van der Waals surface area contributed by atoms with Crippen molar-refractivity contribution in [2.45, 2.75) is 12.5 Å². The molecule has 1 amide bonds. The van der Waals surface area contributed by atoms with Crippen LogP contribution in [0.2, 0.25) is 0 Å². The van der Waals surface area contributed by atoms with Crippen molar-refractivity contribution in [3.05, 3.63) is 24.3 Å². The molecule has 0 saturated carbocycles. The Morgan fingerprint density at radius 1 is 1.40 bits per heavy atom. The second kappa shape index (κ2) is 5.71. The number of nitrogens with zero attached hydrogens (tertiary/aromatic N) is 1. The number of para-hydroxylation sites is 2. The maximum absolute atomic E-state index is 12.4. The van der Waals surface area contributed by atoms with Crippen molar-refractivity contribution in [3.8, 4) is 11.5 Å². The van der Waals surface area contributed by atoms with Crippen molar-refractivity contribution in [2.24, 2.45) is 5.92 Å². The highest BCUT2D eigenvalue weighted by Crippen LogP contribution is 2.31. The van der Waals surface area contributed by atoms with Gasteiger partial charge in [-0.25, -0.2) is 0 Å². The largest absolute Gasteiger partial charge is 0.485 e. The maximum Gasteiger partial charge on any atom is 0.267 e. The highest BCUT2D eigenvalue weighted by molar-refractivity contribution is 5.81. The normalized spacial score (nSPS) is 24.4. The second-order valence-electron chi connectivity index (χ2n) is 5.44. The highest BCUT2D eigenvalue weighted by Gasteiger charge is 2.30. The first-order chi connectivity index (χ1) is 9.74. The Morgan fingerprint density at radius 3 is 2.95 bits per heavy atom. The third-order valence-corrected chi connectivity index (χ3v) is 3.85. The third-order valence-electron chi connectivity index (χ3n) is 3.85. The number of hydrogen-bond donors (Lipinski definition) is 1. The number of likely N-dealkylation sites (N-methyl/N-ethyl adjacent to an activating group) is 1. The molecule has 2 aliphatic rings. The van der Waals surface area contributed by atoms with Gasteiger partial charge in [0.05, 0.1) is 0 Å². The first-order valence-corrected chi connectivity index (χ1v) is 7.08. The molecule has 2 aliphatic heterocycles. The van der Waals surface area contributed by atoms with Gasteiger partial charge in [-0.05, 0) is 37.6 Å². The van der Waals surface area contributed by atoms with Crippen LogP contribution in [0.5, 0.6) is 11.5 Å². The van der Waals surface area contributed by atoms with Crippen LogP contribution in [0.25, 0.3) is 0 Å². The summed E-state index contributed by atoms with van der Waals surface area (Å²) in [5, 5.41) is 3.32. The molecular weight excluding hydrogens is 256 g/mol. The molecule has 108 valence electrons. The van der Waals surface area contributed by atoms with Crippen LogP contribution >= 0.6 is 0 Å². The Kier molecular flexibility index (Phi) is 3.78. The Bertz CT molecular complexity index is 486. The standard InChI is InChI=1S/C15H20N2O3/c1-17(9-11-6-7-16-8-11)15(18)14-10-19-12-4-2-3-5-13(12)20-14/h2-5,11,14,16H,6-10H2,1H3/t11-,14-/m0/s1. The van der Waals surface area contributed by atoms with Gasteiger partial charge in [0.1, 0.15) is 6.61 Å². The predicted molar refractivity (Wildman–Crippen MR) is 75.0 cm³/mol. The highest BCUT2D eigenvalue weighted by atomic mass is 16.6. The van der Waals surface area contributed by atoms with E-state index in [1.54, 1.807) is 4.90 Å². The summed E-state index contributed by atoms with van der Waals surface area (Å²) >= 11 is 0. The van der Waals surface area contributed by atoms with Crippen molar-refractivity contribution in [3.63, 3.8) is 0 Å². The molecule has 2 heterocycles. The first-order valence-electron chi connectivity index (χ1n) is 7.08. The minimum atomic E-state index is -0.538. The molecule has 5 heteroatoms. The van der Waals surface area contributed by atoms with Crippen molar-refractivity contribution in [1.82, 2.24) is 10.2 Å². The fourth-order valence-corrected chi connectivity index (χ4v) is 2.73. The predicted octanol–water partition coefficient (Wildman–Crippen LogP) is 0.894. The van der Waals surface area contributed by atoms with Gasteiger partial charge in [0.25, 0.3) is 5.91 Å². The lowest BCUT2D eigenvalue weighted by Gasteiger charge is -2.29. The number of hydrogen-bond acceptors (Lipinski definition) is 4. The zero-order valence-corrected chi connectivity index (χ0v) is 11.7. The van der Waals surface area contributed by atoms with E-state index in [1.165, 1.54) is 0 Å². The lowest BCUT2D eigenvalue weighted by molar-refractivity contribution is -0.140. The molecule has 1 aromatic rings. The van der Waals surface area contributed by atoms with Crippen molar-refractivity contribution in [2.75, 3.05) is 33.3 Å². The van der Waals surface area contributed by atoms with Crippen LogP contribution in [0.4, 0.5) is 0 Å². The number of carbonyl (C=O) groups is 1. The van der Waals surface area contributed by atoms with Crippen LogP contribution in [0.15, 0.2) is 24.3 Å². The van der Waals surface area contributed by atoms with E-state index in [0.717, 1.165) is 26.1 Å². The molecule has 1 aromatic carbocycles. The summed E-state index contributed by atoms with van der Waals surface area (Å²) in [5.74, 6) is 1.89. The van der Waals surface area contributed by atoms with Gasteiger partial charge in [-0.15, -0.1) is 0 Å². The second-order valence-corrected chi connectivity index (χ2v) is 5.44. The molecule has 20 heavy (non-hydrogen) atoms. The molecule has 1 N–H and O–H groups in total. The molecule has 2 atom stereocenters. The van der Waals surface area contributed by atoms with Gasteiger partial charge in [-0.2, -0.15) is 0 Å². The monoisotopic (exact) mass is 276 g/mol. The van der Waals surface area contributed by atoms with E-state index in [1.807, 2.05) is 31.3 Å². The Morgan fingerprint density at radius 2 is 2.20 bits per heavy atom. The van der Waals surface area contributed by atoms with E-state index in [9.17, 15) is 4.79 Å². The molecule has 3 rings (SSSR count). The van der Waals surface area contributed by atoms with E-state index in [-0.39, 0.29) is 12.5 Å². The summed E-state index contributed by atoms with van der Waals surface area (Å²) in [6, 6.07) is 7.45. The average Bonchev–Trinajstić information content (AvgIpc) is 2.99. The van der Waals surface area contributed by atoms with Crippen LogP contribution in [0.3, 0.4) is 0 Å². The van der Waals surface area contributed by atoms with Gasteiger partial charge < -0.3 is 19.7 Å². The van der Waals surface area contributed by atoms with Gasteiger partial charge >= 0.3 is 0 Å². The molecule has 0 spiro atoms. The average molecular weight is 276 g/mol. The van der Waals surface area contributed by atoms with Crippen LogP contribution < -0.4 is 14.8 Å². The van der Waals surface area contributed by atoms with E-state index < -0.39 is 6.10 Å². The fraction of sp³-hybridized carbons (Fsp3) is 0.533. The number of rotatable bonds is 3. The van der Waals surface area contributed by atoms with Gasteiger partial charge in [-0.3, -0.25) is 4.79 Å². The van der Waals surface area contributed by atoms with Gasteiger partial charge in [0.2, 0.25) is 6.10 Å². The fourth-order valence-electron chi connectivity index (χ4n) is 2.73. The summed E-state index contributed by atoms with van der Waals surface area (Å²) in [5.41, 5.74) is 0. The molecule has 0 aliphatic carbocycles. The number of benzene rings is 1. The molecule has 1 saturated heterocycles. The first kappa shape index (κ1) is 13.2. The molecule has 0 radical (unpaired) electrons. The number of carbonyl (C=O) groups excluding carboxylic acids is 1. The Balaban J connectivity index is 1.60. The molecule has 5 nitrogen and oxygen atoms in total. The molecule has 0 unspecified atom stereocenters. The smallest absolute Gasteiger partial charge is 0.267 e. The zero-order valence-electron chi connectivity index (χ0n) is 11.7. The summed E-state index contributed by atoms with van der Waals surface area (Å²) < 4.78 is 11.3. The third kappa shape index (κ3) is 2.72. The van der Waals surface area contributed by atoms with E-state index in [2.05, 4.69) is 5.32 Å². The van der Waals surface area contributed by atoms with Gasteiger partial charge in [0, 0.05) is 13.6 Å². The number of fused-ring (bicyclic) bond motifs is 1. The van der Waals surface area contributed by atoms with Crippen LogP contribution in [-0.2, 0) is 4.79 Å². The summed E-state index contributed by atoms with van der Waals surface area (Å²) in [7, 11) is 1.84. The topological polar surface area (TPSA) is 50.8 Å². The maximum atomic E-state index is 12.4. The summed E-state index contributed by atoms with van der Waals surface area (Å²) in [6.07, 6.45) is 0.590. The number of amides is 1. The molecular formula is C15H20N2O3. The van der Waals surface area contributed by atoms with Crippen molar-refractivity contribution >= 4 is 5.91 Å². The lowest BCUT2D eigenvalue weighted by Crippen LogP contribution is -2.46. The van der Waals surface area contributed by atoms with Crippen molar-refractivity contribution in [1.29, 1.82) is 0 Å². The van der Waals surface area contributed by atoms with Crippen molar-refractivity contribution < 1.29 is 14.3 Å². The lowest BCUT2D eigenvalue weighted by atomic mass is 10.1. The van der Waals surface area contributed by atoms with E-state index >= 15 is 0 Å². The summed E-state index contributed by atoms with van der Waals surface area (Å²) in [6.45, 7) is 3.09. The van der Waals surface area contributed by atoms with E-state index in [4.69, 9.17) is 9.47 Å². The van der Waals surface area contributed by atoms with Crippen LogP contribution in [0.1, 0.15) is 6.42 Å².